The number of likely N-dealkylation sites (N-methyl/N-ethyl adjacent to an activating group) is 1. The molecule has 0 fully saturated rings. The number of benzene rings is 1. The number of nitrogens with zero attached hydrogens (tertiary/aromatic N) is 1. The van der Waals surface area contributed by atoms with Gasteiger partial charge in [-0.15, -0.1) is 0 Å². The predicted octanol–water partition coefficient (Wildman–Crippen LogP) is 3.36. The summed E-state index contributed by atoms with van der Waals surface area (Å²) in [7, 11) is 3.66. The topological polar surface area (TPSA) is 34.1 Å². The molecular formula is C15H17BrN2O. The number of halogens is 1. The average molecular weight is 321 g/mol. The molecule has 1 atom stereocenters. The Kier molecular flexibility index (Phi) is 4.93. The van der Waals surface area contributed by atoms with Gasteiger partial charge in [-0.1, -0.05) is 22.0 Å². The summed E-state index contributed by atoms with van der Waals surface area (Å²) in [6.45, 7) is 0. The van der Waals surface area contributed by atoms with E-state index >= 15 is 0 Å². The van der Waals surface area contributed by atoms with Gasteiger partial charge in [-0.05, 0) is 48.9 Å². The SMILES string of the molecule is CNC(Cc1cc(Br)ccc1OC)c1cccnc1. The van der Waals surface area contributed by atoms with E-state index in [1.165, 1.54) is 11.1 Å². The van der Waals surface area contributed by atoms with Crippen LogP contribution in [-0.2, 0) is 6.42 Å². The largest absolute Gasteiger partial charge is 0.496 e. The highest BCUT2D eigenvalue weighted by Gasteiger charge is 2.13. The zero-order valence-corrected chi connectivity index (χ0v) is 12.6. The molecule has 0 aliphatic heterocycles. The Morgan fingerprint density at radius 2 is 2.21 bits per heavy atom. The molecule has 1 aromatic heterocycles. The number of methoxy groups -OCH3 is 1. The van der Waals surface area contributed by atoms with E-state index in [0.29, 0.717) is 0 Å². The molecule has 0 saturated carbocycles. The molecule has 1 aromatic carbocycles. The highest BCUT2D eigenvalue weighted by atomic mass is 79.9. The van der Waals surface area contributed by atoms with E-state index in [-0.39, 0.29) is 6.04 Å². The van der Waals surface area contributed by atoms with E-state index in [0.717, 1.165) is 16.6 Å². The van der Waals surface area contributed by atoms with Gasteiger partial charge in [0.15, 0.2) is 0 Å². The maximum absolute atomic E-state index is 5.42. The van der Waals surface area contributed by atoms with Crippen LogP contribution in [0.25, 0.3) is 0 Å². The zero-order valence-electron chi connectivity index (χ0n) is 11.1. The second kappa shape index (κ2) is 6.68. The normalized spacial score (nSPS) is 12.2. The van der Waals surface area contributed by atoms with Crippen LogP contribution in [0.3, 0.4) is 0 Å². The van der Waals surface area contributed by atoms with Crippen molar-refractivity contribution in [2.24, 2.45) is 0 Å². The Morgan fingerprint density at radius 3 is 2.84 bits per heavy atom. The Bertz CT molecular complexity index is 531. The highest BCUT2D eigenvalue weighted by Crippen LogP contribution is 2.27. The monoisotopic (exact) mass is 320 g/mol. The van der Waals surface area contributed by atoms with Gasteiger partial charge in [-0.3, -0.25) is 4.98 Å². The van der Waals surface area contributed by atoms with E-state index < -0.39 is 0 Å². The third-order valence-electron chi connectivity index (χ3n) is 3.10. The van der Waals surface area contributed by atoms with Crippen LogP contribution in [0.4, 0.5) is 0 Å². The fraction of sp³-hybridized carbons (Fsp3) is 0.267. The molecule has 0 saturated heterocycles. The van der Waals surface area contributed by atoms with E-state index in [9.17, 15) is 0 Å². The first kappa shape index (κ1) is 14.0. The molecule has 3 nitrogen and oxygen atoms in total. The third-order valence-corrected chi connectivity index (χ3v) is 3.59. The van der Waals surface area contributed by atoms with Gasteiger partial charge < -0.3 is 10.1 Å². The summed E-state index contributed by atoms with van der Waals surface area (Å²) in [5, 5.41) is 3.33. The molecule has 0 spiro atoms. The first-order chi connectivity index (χ1) is 9.24. The van der Waals surface area contributed by atoms with Crippen LogP contribution >= 0.6 is 15.9 Å². The van der Waals surface area contributed by atoms with Gasteiger partial charge in [-0.2, -0.15) is 0 Å². The maximum Gasteiger partial charge on any atom is 0.122 e. The summed E-state index contributed by atoms with van der Waals surface area (Å²) in [5.41, 5.74) is 2.34. The first-order valence-electron chi connectivity index (χ1n) is 6.14. The molecule has 2 rings (SSSR count). The van der Waals surface area contributed by atoms with E-state index in [1.807, 2.05) is 31.4 Å². The molecule has 1 unspecified atom stereocenters. The number of aromatic nitrogens is 1. The molecule has 19 heavy (non-hydrogen) atoms. The lowest BCUT2D eigenvalue weighted by atomic mass is 10.00. The van der Waals surface area contributed by atoms with Crippen molar-refractivity contribution in [3.63, 3.8) is 0 Å². The zero-order chi connectivity index (χ0) is 13.7. The van der Waals surface area contributed by atoms with Gasteiger partial charge in [0.05, 0.1) is 7.11 Å². The summed E-state index contributed by atoms with van der Waals surface area (Å²) in [6, 6.07) is 10.3. The molecule has 0 radical (unpaired) electrons. The van der Waals surface area contributed by atoms with Crippen molar-refractivity contribution in [2.75, 3.05) is 14.2 Å². The van der Waals surface area contributed by atoms with Crippen molar-refractivity contribution in [1.29, 1.82) is 0 Å². The summed E-state index contributed by atoms with van der Waals surface area (Å²) in [4.78, 5) is 4.17. The Hall–Kier alpha value is -1.39. The summed E-state index contributed by atoms with van der Waals surface area (Å²) in [6.07, 6.45) is 4.53. The van der Waals surface area contributed by atoms with Gasteiger partial charge in [0.25, 0.3) is 0 Å². The summed E-state index contributed by atoms with van der Waals surface area (Å²) < 4.78 is 6.48. The van der Waals surface area contributed by atoms with E-state index in [1.54, 1.807) is 13.3 Å². The van der Waals surface area contributed by atoms with E-state index in [2.05, 4.69) is 38.4 Å². The second-order valence-electron chi connectivity index (χ2n) is 4.29. The number of hydrogen-bond acceptors (Lipinski definition) is 3. The Morgan fingerprint density at radius 1 is 1.37 bits per heavy atom. The minimum Gasteiger partial charge on any atom is -0.496 e. The maximum atomic E-state index is 5.42. The molecule has 0 bridgehead atoms. The highest BCUT2D eigenvalue weighted by molar-refractivity contribution is 9.10. The van der Waals surface area contributed by atoms with Crippen LogP contribution in [0.5, 0.6) is 5.75 Å². The molecule has 2 aromatic rings. The van der Waals surface area contributed by atoms with Crippen LogP contribution in [-0.4, -0.2) is 19.1 Å². The molecule has 0 amide bonds. The minimum atomic E-state index is 0.219. The smallest absolute Gasteiger partial charge is 0.122 e. The molecule has 0 aliphatic rings. The molecular weight excluding hydrogens is 304 g/mol. The van der Waals surface area contributed by atoms with Crippen LogP contribution in [0, 0.1) is 0 Å². The molecule has 1 heterocycles. The van der Waals surface area contributed by atoms with Crippen molar-refractivity contribution >= 4 is 15.9 Å². The minimum absolute atomic E-state index is 0.219. The quantitative estimate of drug-likeness (QED) is 0.917. The number of hydrogen-bond donors (Lipinski definition) is 1. The van der Waals surface area contributed by atoms with Crippen molar-refractivity contribution in [3.8, 4) is 5.75 Å². The molecule has 0 aliphatic carbocycles. The standard InChI is InChI=1S/C15H17BrN2O/c1-17-14(11-4-3-7-18-10-11)9-12-8-13(16)5-6-15(12)19-2/h3-8,10,14,17H,9H2,1-2H3. The van der Waals surface area contributed by atoms with E-state index in [4.69, 9.17) is 4.74 Å². The number of rotatable bonds is 5. The van der Waals surface area contributed by atoms with Gasteiger partial charge in [0.1, 0.15) is 5.75 Å². The number of nitrogens with one attached hydrogen (secondary N) is 1. The third kappa shape index (κ3) is 3.55. The fourth-order valence-electron chi connectivity index (χ4n) is 2.10. The molecule has 1 N–H and O–H groups in total. The Balaban J connectivity index is 2.26. The van der Waals surface area contributed by atoms with Gasteiger partial charge in [0, 0.05) is 22.9 Å². The van der Waals surface area contributed by atoms with Crippen LogP contribution in [0.15, 0.2) is 47.2 Å². The average Bonchev–Trinajstić information content (AvgIpc) is 2.46. The summed E-state index contributed by atoms with van der Waals surface area (Å²) in [5.74, 6) is 0.910. The predicted molar refractivity (Wildman–Crippen MR) is 80.4 cm³/mol. The van der Waals surface area contributed by atoms with Crippen molar-refractivity contribution in [2.45, 2.75) is 12.5 Å². The van der Waals surface area contributed by atoms with Gasteiger partial charge in [-0.25, -0.2) is 0 Å². The van der Waals surface area contributed by atoms with Gasteiger partial charge in [0.2, 0.25) is 0 Å². The van der Waals surface area contributed by atoms with Gasteiger partial charge >= 0.3 is 0 Å². The first-order valence-corrected chi connectivity index (χ1v) is 6.93. The number of pyridine rings is 1. The Labute approximate surface area is 122 Å². The van der Waals surface area contributed by atoms with Crippen molar-refractivity contribution < 1.29 is 4.74 Å². The van der Waals surface area contributed by atoms with Crippen LogP contribution in [0.1, 0.15) is 17.2 Å². The molecule has 4 heteroatoms. The number of ether oxygens (including phenoxy) is 1. The van der Waals surface area contributed by atoms with Crippen LogP contribution < -0.4 is 10.1 Å². The van der Waals surface area contributed by atoms with Crippen molar-refractivity contribution in [3.05, 3.63) is 58.3 Å². The lowest BCUT2D eigenvalue weighted by molar-refractivity contribution is 0.406. The fourth-order valence-corrected chi connectivity index (χ4v) is 2.50. The van der Waals surface area contributed by atoms with Crippen molar-refractivity contribution in [1.82, 2.24) is 10.3 Å². The molecule has 100 valence electrons. The lowest BCUT2D eigenvalue weighted by Crippen LogP contribution is -2.19. The second-order valence-corrected chi connectivity index (χ2v) is 5.20. The van der Waals surface area contributed by atoms with Crippen LogP contribution in [0.2, 0.25) is 0 Å². The summed E-state index contributed by atoms with van der Waals surface area (Å²) >= 11 is 3.51. The lowest BCUT2D eigenvalue weighted by Gasteiger charge is -2.18.